The summed E-state index contributed by atoms with van der Waals surface area (Å²) in [5.74, 6) is 0.682. The van der Waals surface area contributed by atoms with Gasteiger partial charge in [-0.05, 0) is 37.3 Å². The first-order valence-electron chi connectivity index (χ1n) is 7.21. The van der Waals surface area contributed by atoms with Gasteiger partial charge in [0, 0.05) is 12.7 Å². The van der Waals surface area contributed by atoms with E-state index in [-0.39, 0.29) is 0 Å². The number of allylic oxidation sites excluding steroid dienone is 1. The van der Waals surface area contributed by atoms with Crippen molar-refractivity contribution in [3.05, 3.63) is 29.6 Å². The molecule has 0 aliphatic heterocycles. The summed E-state index contributed by atoms with van der Waals surface area (Å²) in [6.45, 7) is 2.85. The molecule has 0 unspecified atom stereocenters. The smallest absolute Gasteiger partial charge is 0.172 e. The van der Waals surface area contributed by atoms with E-state index in [1.807, 2.05) is 36.0 Å². The highest BCUT2D eigenvalue weighted by Crippen LogP contribution is 2.27. The summed E-state index contributed by atoms with van der Waals surface area (Å²) >= 11 is 0. The van der Waals surface area contributed by atoms with E-state index < -0.39 is 0 Å². The van der Waals surface area contributed by atoms with Gasteiger partial charge in [0.15, 0.2) is 11.3 Å². The lowest BCUT2D eigenvalue weighted by Crippen LogP contribution is -2.09. The normalized spacial score (nSPS) is 16.2. The Bertz CT molecular complexity index is 684. The van der Waals surface area contributed by atoms with Crippen LogP contribution in [0.25, 0.3) is 17.1 Å². The molecule has 2 aromatic rings. The SMILES string of the molecule is CC=Cc1cnc2c(c1)c(C#N)nn2CC1CCCC1. The molecular weight excluding hydrogens is 248 g/mol. The molecule has 0 amide bonds. The lowest BCUT2D eigenvalue weighted by molar-refractivity contribution is 0.435. The minimum absolute atomic E-state index is 0.483. The number of fused-ring (bicyclic) bond motifs is 1. The molecule has 20 heavy (non-hydrogen) atoms. The summed E-state index contributed by atoms with van der Waals surface area (Å²) in [6.07, 6.45) is 11.0. The first-order chi connectivity index (χ1) is 9.81. The second-order valence-electron chi connectivity index (χ2n) is 5.43. The zero-order valence-corrected chi connectivity index (χ0v) is 11.7. The number of nitriles is 1. The third-order valence-corrected chi connectivity index (χ3v) is 3.98. The molecular formula is C16H18N4. The predicted molar refractivity (Wildman–Crippen MR) is 78.9 cm³/mol. The van der Waals surface area contributed by atoms with Crippen molar-refractivity contribution in [2.45, 2.75) is 39.2 Å². The number of hydrogen-bond acceptors (Lipinski definition) is 3. The van der Waals surface area contributed by atoms with E-state index in [9.17, 15) is 5.26 Å². The highest BCUT2D eigenvalue weighted by molar-refractivity contribution is 5.82. The maximum Gasteiger partial charge on any atom is 0.172 e. The second-order valence-corrected chi connectivity index (χ2v) is 5.43. The quantitative estimate of drug-likeness (QED) is 0.854. The Hall–Kier alpha value is -2.15. The molecule has 2 heterocycles. The summed E-state index contributed by atoms with van der Waals surface area (Å²) in [5, 5.41) is 14.6. The largest absolute Gasteiger partial charge is 0.246 e. The molecule has 0 radical (unpaired) electrons. The summed E-state index contributed by atoms with van der Waals surface area (Å²) in [5.41, 5.74) is 2.33. The van der Waals surface area contributed by atoms with Gasteiger partial charge in [-0.2, -0.15) is 10.4 Å². The maximum atomic E-state index is 9.26. The van der Waals surface area contributed by atoms with Gasteiger partial charge in [-0.25, -0.2) is 9.67 Å². The lowest BCUT2D eigenvalue weighted by Gasteiger charge is -2.09. The molecule has 4 heteroatoms. The Kier molecular flexibility index (Phi) is 3.51. The predicted octanol–water partition coefficient (Wildman–Crippen LogP) is 3.53. The van der Waals surface area contributed by atoms with Gasteiger partial charge in [0.1, 0.15) is 6.07 Å². The molecule has 1 fully saturated rings. The van der Waals surface area contributed by atoms with Crippen molar-refractivity contribution < 1.29 is 0 Å². The Balaban J connectivity index is 2.02. The Labute approximate surface area is 118 Å². The summed E-state index contributed by atoms with van der Waals surface area (Å²) in [6, 6.07) is 4.19. The first kappa shape index (κ1) is 12.9. The van der Waals surface area contributed by atoms with Gasteiger partial charge in [-0.3, -0.25) is 0 Å². The Morgan fingerprint density at radius 3 is 2.95 bits per heavy atom. The van der Waals surface area contributed by atoms with E-state index in [2.05, 4.69) is 16.2 Å². The van der Waals surface area contributed by atoms with E-state index in [1.54, 1.807) is 0 Å². The minimum atomic E-state index is 0.483. The van der Waals surface area contributed by atoms with E-state index >= 15 is 0 Å². The van der Waals surface area contributed by atoms with Gasteiger partial charge < -0.3 is 0 Å². The third-order valence-electron chi connectivity index (χ3n) is 3.98. The maximum absolute atomic E-state index is 9.26. The van der Waals surface area contributed by atoms with Crippen LogP contribution in [0.2, 0.25) is 0 Å². The van der Waals surface area contributed by atoms with Gasteiger partial charge in [0.05, 0.1) is 5.39 Å². The van der Waals surface area contributed by atoms with Crippen LogP contribution in [0.5, 0.6) is 0 Å². The van der Waals surface area contributed by atoms with Crippen molar-refractivity contribution in [2.75, 3.05) is 0 Å². The van der Waals surface area contributed by atoms with Crippen molar-refractivity contribution in [1.82, 2.24) is 14.8 Å². The van der Waals surface area contributed by atoms with Crippen LogP contribution < -0.4 is 0 Å². The van der Waals surface area contributed by atoms with Crippen LogP contribution in [-0.4, -0.2) is 14.8 Å². The summed E-state index contributed by atoms with van der Waals surface area (Å²) in [4.78, 5) is 4.51. The minimum Gasteiger partial charge on any atom is -0.246 e. The number of hydrogen-bond donors (Lipinski definition) is 0. The van der Waals surface area contributed by atoms with E-state index in [0.29, 0.717) is 11.6 Å². The van der Waals surface area contributed by atoms with Crippen LogP contribution in [0.3, 0.4) is 0 Å². The average molecular weight is 266 g/mol. The van der Waals surface area contributed by atoms with E-state index in [0.717, 1.165) is 23.1 Å². The lowest BCUT2D eigenvalue weighted by atomic mass is 10.1. The fourth-order valence-corrected chi connectivity index (χ4v) is 3.01. The molecule has 1 saturated carbocycles. The van der Waals surface area contributed by atoms with Crippen LogP contribution in [0.15, 0.2) is 18.3 Å². The summed E-state index contributed by atoms with van der Waals surface area (Å²) in [7, 11) is 0. The number of aromatic nitrogens is 3. The molecule has 2 aromatic heterocycles. The average Bonchev–Trinajstić information content (AvgIpc) is 3.08. The van der Waals surface area contributed by atoms with Crippen molar-refractivity contribution in [1.29, 1.82) is 5.26 Å². The Morgan fingerprint density at radius 1 is 1.45 bits per heavy atom. The summed E-state index contributed by atoms with van der Waals surface area (Å²) < 4.78 is 1.92. The molecule has 0 spiro atoms. The zero-order valence-electron chi connectivity index (χ0n) is 11.7. The highest BCUT2D eigenvalue weighted by atomic mass is 15.3. The molecule has 3 rings (SSSR count). The van der Waals surface area contributed by atoms with E-state index in [1.165, 1.54) is 25.7 Å². The second kappa shape index (κ2) is 5.46. The molecule has 0 N–H and O–H groups in total. The molecule has 102 valence electrons. The molecule has 0 saturated heterocycles. The van der Waals surface area contributed by atoms with Gasteiger partial charge in [0.2, 0.25) is 0 Å². The first-order valence-corrected chi connectivity index (χ1v) is 7.21. The van der Waals surface area contributed by atoms with Crippen LogP contribution in [0.1, 0.15) is 43.9 Å². The monoisotopic (exact) mass is 266 g/mol. The van der Waals surface area contributed by atoms with Crippen molar-refractivity contribution in [2.24, 2.45) is 5.92 Å². The number of rotatable bonds is 3. The molecule has 1 aliphatic rings. The van der Waals surface area contributed by atoms with Gasteiger partial charge in [0.25, 0.3) is 0 Å². The fraction of sp³-hybridized carbons (Fsp3) is 0.438. The molecule has 0 bridgehead atoms. The van der Waals surface area contributed by atoms with Crippen LogP contribution in [-0.2, 0) is 6.54 Å². The van der Waals surface area contributed by atoms with Gasteiger partial charge >= 0.3 is 0 Å². The zero-order chi connectivity index (χ0) is 13.9. The van der Waals surface area contributed by atoms with E-state index in [4.69, 9.17) is 0 Å². The molecule has 0 aromatic carbocycles. The number of nitrogens with zero attached hydrogens (tertiary/aromatic N) is 4. The van der Waals surface area contributed by atoms with Crippen molar-refractivity contribution in [3.63, 3.8) is 0 Å². The topological polar surface area (TPSA) is 54.5 Å². The van der Waals surface area contributed by atoms with Gasteiger partial charge in [-0.1, -0.05) is 25.0 Å². The van der Waals surface area contributed by atoms with Gasteiger partial charge in [-0.15, -0.1) is 0 Å². The molecule has 0 atom stereocenters. The van der Waals surface area contributed by atoms with Crippen LogP contribution in [0.4, 0.5) is 0 Å². The van der Waals surface area contributed by atoms with Crippen LogP contribution >= 0.6 is 0 Å². The molecule has 1 aliphatic carbocycles. The number of pyridine rings is 1. The third kappa shape index (κ3) is 2.32. The molecule has 4 nitrogen and oxygen atoms in total. The fourth-order valence-electron chi connectivity index (χ4n) is 3.01. The van der Waals surface area contributed by atoms with Crippen molar-refractivity contribution >= 4 is 17.1 Å². The Morgan fingerprint density at radius 2 is 2.25 bits per heavy atom. The van der Waals surface area contributed by atoms with Crippen molar-refractivity contribution in [3.8, 4) is 6.07 Å². The highest BCUT2D eigenvalue weighted by Gasteiger charge is 2.19. The van der Waals surface area contributed by atoms with Crippen LogP contribution in [0, 0.1) is 17.2 Å². The standard InChI is InChI=1S/C16H18N4/c1-2-5-13-8-14-15(9-17)19-20(16(14)18-10-13)11-12-6-3-4-7-12/h2,5,8,10,12H,3-4,6-7,11H2,1H3.